The lowest BCUT2D eigenvalue weighted by Crippen LogP contribution is -1.96. The number of hydrogen-bond acceptors (Lipinski definition) is 4. The summed E-state index contributed by atoms with van der Waals surface area (Å²) in [5.74, 6) is 1.64. The topological polar surface area (TPSA) is 45.9 Å². The molecule has 1 heterocycles. The van der Waals surface area contributed by atoms with Gasteiger partial charge in [-0.3, -0.25) is 0 Å². The molecule has 2 aromatic carbocycles. The molecule has 0 unspecified atom stereocenters. The molecule has 0 radical (unpaired) electrons. The number of methoxy groups -OCH3 is 1. The first-order chi connectivity index (χ1) is 12.7. The number of benzene rings is 2. The summed E-state index contributed by atoms with van der Waals surface area (Å²) in [6.07, 6.45) is 0. The van der Waals surface area contributed by atoms with E-state index in [2.05, 4.69) is 13.0 Å². The van der Waals surface area contributed by atoms with E-state index in [1.807, 2.05) is 54.6 Å². The zero-order valence-corrected chi connectivity index (χ0v) is 16.1. The molecule has 0 aliphatic rings. The third-order valence-electron chi connectivity index (χ3n) is 3.92. The fourth-order valence-corrected chi connectivity index (χ4v) is 3.50. The normalized spacial score (nSPS) is 10.4. The molecule has 0 aliphatic carbocycles. The fraction of sp³-hybridized carbons (Fsp3) is 0.143. The molecular formula is C21H17ClN2OS. The van der Waals surface area contributed by atoms with Gasteiger partial charge in [-0.25, -0.2) is 4.98 Å². The highest BCUT2D eigenvalue weighted by Gasteiger charge is 2.15. The van der Waals surface area contributed by atoms with Crippen LogP contribution in [0.5, 0.6) is 5.75 Å². The van der Waals surface area contributed by atoms with Gasteiger partial charge in [0.2, 0.25) is 0 Å². The molecule has 0 amide bonds. The first-order valence-electron chi connectivity index (χ1n) is 8.14. The second kappa shape index (κ2) is 8.27. The van der Waals surface area contributed by atoms with Gasteiger partial charge in [0.1, 0.15) is 16.8 Å². The van der Waals surface area contributed by atoms with Gasteiger partial charge in [-0.2, -0.15) is 5.26 Å². The van der Waals surface area contributed by atoms with E-state index in [1.54, 1.807) is 18.9 Å². The number of hydrogen-bond donors (Lipinski definition) is 0. The van der Waals surface area contributed by atoms with Crippen LogP contribution in [0.25, 0.3) is 22.4 Å². The lowest BCUT2D eigenvalue weighted by atomic mass is 9.99. The van der Waals surface area contributed by atoms with Crippen LogP contribution in [0.3, 0.4) is 0 Å². The van der Waals surface area contributed by atoms with E-state index in [0.717, 1.165) is 38.9 Å². The number of nitriles is 1. The van der Waals surface area contributed by atoms with Crippen molar-refractivity contribution in [1.82, 2.24) is 4.98 Å². The molecule has 1 aromatic heterocycles. The third kappa shape index (κ3) is 3.85. The molecule has 3 aromatic rings. The van der Waals surface area contributed by atoms with Gasteiger partial charge in [-0.15, -0.1) is 11.8 Å². The Balaban J connectivity index is 2.19. The number of thioether (sulfide) groups is 1. The number of ether oxygens (including phenoxy) is 1. The smallest absolute Gasteiger partial charge is 0.118 e. The van der Waals surface area contributed by atoms with Gasteiger partial charge in [0.05, 0.1) is 18.4 Å². The Bertz CT molecular complexity index is 947. The number of halogens is 1. The van der Waals surface area contributed by atoms with Crippen LogP contribution in [0.1, 0.15) is 12.5 Å². The minimum Gasteiger partial charge on any atom is -0.497 e. The largest absolute Gasteiger partial charge is 0.497 e. The first-order valence-corrected chi connectivity index (χ1v) is 9.51. The van der Waals surface area contributed by atoms with Gasteiger partial charge in [0.25, 0.3) is 0 Å². The summed E-state index contributed by atoms with van der Waals surface area (Å²) in [6.45, 7) is 2.05. The molecule has 3 nitrogen and oxygen atoms in total. The maximum absolute atomic E-state index is 9.73. The molecule has 5 heteroatoms. The molecular weight excluding hydrogens is 364 g/mol. The van der Waals surface area contributed by atoms with Crippen molar-refractivity contribution in [3.05, 3.63) is 65.2 Å². The zero-order chi connectivity index (χ0) is 18.5. The summed E-state index contributed by atoms with van der Waals surface area (Å²) >= 11 is 7.59. The van der Waals surface area contributed by atoms with Crippen LogP contribution in [-0.4, -0.2) is 17.8 Å². The van der Waals surface area contributed by atoms with Crippen molar-refractivity contribution in [2.24, 2.45) is 0 Å². The Kier molecular flexibility index (Phi) is 5.82. The van der Waals surface area contributed by atoms with Crippen molar-refractivity contribution in [1.29, 1.82) is 5.26 Å². The highest BCUT2D eigenvalue weighted by atomic mass is 35.5. The average Bonchev–Trinajstić information content (AvgIpc) is 2.68. The van der Waals surface area contributed by atoms with Crippen molar-refractivity contribution in [3.63, 3.8) is 0 Å². The molecule has 3 rings (SSSR count). The molecule has 0 fully saturated rings. The average molecular weight is 381 g/mol. The predicted octanol–water partition coefficient (Wildman–Crippen LogP) is 6.06. The second-order valence-electron chi connectivity index (χ2n) is 5.52. The van der Waals surface area contributed by atoms with E-state index in [9.17, 15) is 5.26 Å². The maximum atomic E-state index is 9.73. The van der Waals surface area contributed by atoms with Crippen molar-refractivity contribution < 1.29 is 4.74 Å². The van der Waals surface area contributed by atoms with E-state index < -0.39 is 0 Å². The Morgan fingerprint density at radius 1 is 1.08 bits per heavy atom. The first kappa shape index (κ1) is 18.3. The van der Waals surface area contributed by atoms with Crippen molar-refractivity contribution in [2.75, 3.05) is 12.9 Å². The van der Waals surface area contributed by atoms with E-state index in [4.69, 9.17) is 21.3 Å². The second-order valence-corrected chi connectivity index (χ2v) is 7.20. The van der Waals surface area contributed by atoms with Gasteiger partial charge in [-0.05, 0) is 53.8 Å². The molecule has 0 N–H and O–H groups in total. The molecule has 0 saturated carbocycles. The Morgan fingerprint density at radius 2 is 1.73 bits per heavy atom. The summed E-state index contributed by atoms with van der Waals surface area (Å²) < 4.78 is 5.23. The van der Waals surface area contributed by atoms with E-state index >= 15 is 0 Å². The van der Waals surface area contributed by atoms with Crippen LogP contribution in [0.2, 0.25) is 5.02 Å². The van der Waals surface area contributed by atoms with Gasteiger partial charge >= 0.3 is 0 Å². The SMILES string of the molecule is CCSc1nc(-c2ccc(OC)cc2)cc(-c2ccc(Cl)cc2)c1C#N. The Labute approximate surface area is 162 Å². The maximum Gasteiger partial charge on any atom is 0.118 e. The van der Waals surface area contributed by atoms with E-state index in [-0.39, 0.29) is 0 Å². The zero-order valence-electron chi connectivity index (χ0n) is 14.5. The number of nitrogens with zero attached hydrogens (tertiary/aromatic N) is 2. The fourth-order valence-electron chi connectivity index (χ4n) is 2.64. The minimum absolute atomic E-state index is 0.594. The lowest BCUT2D eigenvalue weighted by molar-refractivity contribution is 0.415. The molecule has 0 bridgehead atoms. The van der Waals surface area contributed by atoms with E-state index in [1.165, 1.54) is 0 Å². The number of pyridine rings is 1. The summed E-state index contributed by atoms with van der Waals surface area (Å²) in [6, 6.07) is 19.6. The van der Waals surface area contributed by atoms with Crippen molar-refractivity contribution in [3.8, 4) is 34.2 Å². The summed E-state index contributed by atoms with van der Waals surface area (Å²) in [5, 5.41) is 11.1. The molecule has 0 aliphatic heterocycles. The molecule has 0 saturated heterocycles. The standard InChI is InChI=1S/C21H17ClN2OS/c1-3-26-21-19(13-23)18(14-4-8-16(22)9-5-14)12-20(24-21)15-6-10-17(25-2)11-7-15/h4-12H,3H2,1-2H3. The van der Waals surface area contributed by atoms with Gasteiger partial charge < -0.3 is 4.74 Å². The Morgan fingerprint density at radius 3 is 2.31 bits per heavy atom. The van der Waals surface area contributed by atoms with Crippen LogP contribution in [0, 0.1) is 11.3 Å². The molecule has 130 valence electrons. The number of rotatable bonds is 5. The Hall–Kier alpha value is -2.48. The highest BCUT2D eigenvalue weighted by Crippen LogP contribution is 2.34. The minimum atomic E-state index is 0.594. The molecule has 0 spiro atoms. The van der Waals surface area contributed by atoms with Crippen LogP contribution in [0.4, 0.5) is 0 Å². The van der Waals surface area contributed by atoms with Crippen LogP contribution in [0.15, 0.2) is 59.6 Å². The molecule has 26 heavy (non-hydrogen) atoms. The monoisotopic (exact) mass is 380 g/mol. The van der Waals surface area contributed by atoms with Crippen LogP contribution < -0.4 is 4.74 Å². The van der Waals surface area contributed by atoms with Gasteiger partial charge in [0, 0.05) is 16.1 Å². The highest BCUT2D eigenvalue weighted by molar-refractivity contribution is 7.99. The third-order valence-corrected chi connectivity index (χ3v) is 5.03. The summed E-state index contributed by atoms with van der Waals surface area (Å²) in [5.41, 5.74) is 4.20. The van der Waals surface area contributed by atoms with Gasteiger partial charge in [-0.1, -0.05) is 30.7 Å². The summed E-state index contributed by atoms with van der Waals surface area (Å²) in [7, 11) is 1.64. The van der Waals surface area contributed by atoms with Crippen molar-refractivity contribution >= 4 is 23.4 Å². The number of aromatic nitrogens is 1. The van der Waals surface area contributed by atoms with Gasteiger partial charge in [0.15, 0.2) is 0 Å². The lowest BCUT2D eigenvalue weighted by Gasteiger charge is -2.12. The van der Waals surface area contributed by atoms with Crippen molar-refractivity contribution in [2.45, 2.75) is 11.9 Å². The van der Waals surface area contributed by atoms with E-state index in [0.29, 0.717) is 10.6 Å². The summed E-state index contributed by atoms with van der Waals surface area (Å²) in [4.78, 5) is 4.74. The predicted molar refractivity (Wildman–Crippen MR) is 108 cm³/mol. The van der Waals surface area contributed by atoms with Crippen LogP contribution >= 0.6 is 23.4 Å². The molecule has 0 atom stereocenters. The van der Waals surface area contributed by atoms with Crippen LogP contribution in [-0.2, 0) is 0 Å². The quantitative estimate of drug-likeness (QED) is 0.504.